The highest BCUT2D eigenvalue weighted by Crippen LogP contribution is 2.19. The molecule has 0 saturated carbocycles. The zero-order valence-corrected chi connectivity index (χ0v) is 8.03. The van der Waals surface area contributed by atoms with Gasteiger partial charge in [-0.15, -0.1) is 0 Å². The van der Waals surface area contributed by atoms with Crippen LogP contribution in [-0.4, -0.2) is 24.5 Å². The third-order valence-corrected chi connectivity index (χ3v) is 2.28. The van der Waals surface area contributed by atoms with Crippen molar-refractivity contribution >= 4 is 11.7 Å². The van der Waals surface area contributed by atoms with Crippen molar-refractivity contribution < 1.29 is 4.79 Å². The van der Waals surface area contributed by atoms with Gasteiger partial charge in [0.05, 0.1) is 5.70 Å². The van der Waals surface area contributed by atoms with E-state index >= 15 is 0 Å². The number of hydrogen-bond donors (Lipinski definition) is 1. The summed E-state index contributed by atoms with van der Waals surface area (Å²) in [5.41, 5.74) is 2.04. The van der Waals surface area contributed by atoms with Gasteiger partial charge in [-0.25, -0.2) is 4.79 Å². The molecule has 3 nitrogen and oxygen atoms in total. The Morgan fingerprint density at radius 3 is 2.71 bits per heavy atom. The molecule has 0 fully saturated rings. The molecule has 0 radical (unpaired) electrons. The molecular weight excluding hydrogens is 176 g/mol. The Hall–Kier alpha value is -1.77. The standard InChI is InChI=1S/C11H12N2O/c1-13-10(7-8-12-11(13)14)9-5-3-2-4-6-9/h2-7H,8H2,1H3,(H,12,14). The fraction of sp³-hybridized carbons (Fsp3) is 0.182. The average molecular weight is 188 g/mol. The van der Waals surface area contributed by atoms with Gasteiger partial charge in [-0.3, -0.25) is 4.90 Å². The van der Waals surface area contributed by atoms with Crippen LogP contribution in [0.15, 0.2) is 36.4 Å². The van der Waals surface area contributed by atoms with Crippen molar-refractivity contribution in [1.82, 2.24) is 10.2 Å². The molecule has 2 rings (SSSR count). The number of nitrogens with zero attached hydrogens (tertiary/aromatic N) is 1. The van der Waals surface area contributed by atoms with Crippen molar-refractivity contribution in [2.24, 2.45) is 0 Å². The van der Waals surface area contributed by atoms with E-state index in [-0.39, 0.29) is 6.03 Å². The summed E-state index contributed by atoms with van der Waals surface area (Å²) < 4.78 is 0. The SMILES string of the molecule is CN1C(=O)NCC=C1c1ccccc1. The normalized spacial score (nSPS) is 16.2. The fourth-order valence-electron chi connectivity index (χ4n) is 1.52. The zero-order valence-electron chi connectivity index (χ0n) is 8.03. The second-order valence-corrected chi connectivity index (χ2v) is 3.20. The Labute approximate surface area is 83.0 Å². The highest BCUT2D eigenvalue weighted by molar-refractivity contribution is 5.87. The molecule has 0 bridgehead atoms. The van der Waals surface area contributed by atoms with Crippen LogP contribution >= 0.6 is 0 Å². The maximum absolute atomic E-state index is 11.4. The van der Waals surface area contributed by atoms with Gasteiger partial charge in [-0.05, 0) is 11.6 Å². The second kappa shape index (κ2) is 3.54. The molecule has 1 heterocycles. The maximum atomic E-state index is 11.4. The number of amides is 2. The van der Waals surface area contributed by atoms with Crippen molar-refractivity contribution in [3.05, 3.63) is 42.0 Å². The predicted octanol–water partition coefficient (Wildman–Crippen LogP) is 1.68. The van der Waals surface area contributed by atoms with Crippen molar-refractivity contribution in [3.8, 4) is 0 Å². The van der Waals surface area contributed by atoms with Crippen LogP contribution in [0.25, 0.3) is 5.70 Å². The fourth-order valence-corrected chi connectivity index (χ4v) is 1.52. The first kappa shape index (κ1) is 8.81. The first-order valence-corrected chi connectivity index (χ1v) is 4.56. The number of nitrogens with one attached hydrogen (secondary N) is 1. The largest absolute Gasteiger partial charge is 0.334 e. The summed E-state index contributed by atoms with van der Waals surface area (Å²) in [6, 6.07) is 9.85. The van der Waals surface area contributed by atoms with Gasteiger partial charge in [0.1, 0.15) is 0 Å². The van der Waals surface area contributed by atoms with Crippen molar-refractivity contribution in [2.45, 2.75) is 0 Å². The molecule has 0 saturated heterocycles. The van der Waals surface area contributed by atoms with E-state index in [1.807, 2.05) is 36.4 Å². The molecule has 0 unspecified atom stereocenters. The highest BCUT2D eigenvalue weighted by Gasteiger charge is 2.17. The number of benzene rings is 1. The highest BCUT2D eigenvalue weighted by atomic mass is 16.2. The van der Waals surface area contributed by atoms with Crippen molar-refractivity contribution in [2.75, 3.05) is 13.6 Å². The Balaban J connectivity index is 2.35. The number of carbonyl (C=O) groups is 1. The molecule has 0 aliphatic carbocycles. The number of hydrogen-bond acceptors (Lipinski definition) is 1. The maximum Gasteiger partial charge on any atom is 0.321 e. The predicted molar refractivity (Wildman–Crippen MR) is 55.6 cm³/mol. The van der Waals surface area contributed by atoms with Gasteiger partial charge in [0, 0.05) is 13.6 Å². The summed E-state index contributed by atoms with van der Waals surface area (Å²) >= 11 is 0. The Bertz CT molecular complexity index is 370. The number of rotatable bonds is 1. The van der Waals surface area contributed by atoms with Crippen molar-refractivity contribution in [3.63, 3.8) is 0 Å². The molecule has 0 spiro atoms. The van der Waals surface area contributed by atoms with E-state index in [1.165, 1.54) is 0 Å². The summed E-state index contributed by atoms with van der Waals surface area (Å²) in [6.07, 6.45) is 2.01. The lowest BCUT2D eigenvalue weighted by Crippen LogP contribution is -2.40. The molecule has 1 aromatic rings. The molecule has 72 valence electrons. The van der Waals surface area contributed by atoms with E-state index in [1.54, 1.807) is 11.9 Å². The van der Waals surface area contributed by atoms with E-state index in [0.29, 0.717) is 6.54 Å². The van der Waals surface area contributed by atoms with Crippen LogP contribution in [0.5, 0.6) is 0 Å². The van der Waals surface area contributed by atoms with Crippen LogP contribution in [0.2, 0.25) is 0 Å². The van der Waals surface area contributed by atoms with Crippen LogP contribution in [0.1, 0.15) is 5.56 Å². The van der Waals surface area contributed by atoms with Crippen LogP contribution in [0.3, 0.4) is 0 Å². The van der Waals surface area contributed by atoms with E-state index < -0.39 is 0 Å². The lowest BCUT2D eigenvalue weighted by molar-refractivity contribution is 0.224. The number of urea groups is 1. The smallest absolute Gasteiger partial charge is 0.321 e. The number of carbonyl (C=O) groups excluding carboxylic acids is 1. The first-order chi connectivity index (χ1) is 6.79. The Kier molecular flexibility index (Phi) is 2.23. The first-order valence-electron chi connectivity index (χ1n) is 4.56. The molecule has 1 aromatic carbocycles. The van der Waals surface area contributed by atoms with E-state index in [9.17, 15) is 4.79 Å². The van der Waals surface area contributed by atoms with Gasteiger partial charge in [0.2, 0.25) is 0 Å². The Morgan fingerprint density at radius 2 is 2.00 bits per heavy atom. The van der Waals surface area contributed by atoms with Crippen LogP contribution in [-0.2, 0) is 0 Å². The molecule has 14 heavy (non-hydrogen) atoms. The minimum absolute atomic E-state index is 0.0497. The van der Waals surface area contributed by atoms with Gasteiger partial charge >= 0.3 is 6.03 Å². The van der Waals surface area contributed by atoms with Gasteiger partial charge in [-0.2, -0.15) is 0 Å². The molecule has 0 aromatic heterocycles. The summed E-state index contributed by atoms with van der Waals surface area (Å²) in [5, 5.41) is 2.74. The molecule has 1 N–H and O–H groups in total. The molecule has 0 atom stereocenters. The monoisotopic (exact) mass is 188 g/mol. The molecule has 1 aliphatic rings. The van der Waals surface area contributed by atoms with Gasteiger partial charge in [0.25, 0.3) is 0 Å². The van der Waals surface area contributed by atoms with Gasteiger partial charge < -0.3 is 5.32 Å². The lowest BCUT2D eigenvalue weighted by atomic mass is 10.1. The average Bonchev–Trinajstić information content (AvgIpc) is 2.23. The molecule has 1 aliphatic heterocycles. The Morgan fingerprint density at radius 1 is 1.29 bits per heavy atom. The van der Waals surface area contributed by atoms with Crippen LogP contribution in [0, 0.1) is 0 Å². The quantitative estimate of drug-likeness (QED) is 0.714. The molecule has 3 heteroatoms. The molecular formula is C11H12N2O. The topological polar surface area (TPSA) is 32.3 Å². The minimum Gasteiger partial charge on any atom is -0.334 e. The van der Waals surface area contributed by atoms with Crippen LogP contribution in [0.4, 0.5) is 4.79 Å². The van der Waals surface area contributed by atoms with E-state index in [4.69, 9.17) is 0 Å². The third-order valence-electron chi connectivity index (χ3n) is 2.28. The van der Waals surface area contributed by atoms with E-state index in [2.05, 4.69) is 5.32 Å². The summed E-state index contributed by atoms with van der Waals surface area (Å²) in [4.78, 5) is 13.0. The van der Waals surface area contributed by atoms with Gasteiger partial charge in [-0.1, -0.05) is 30.3 Å². The third kappa shape index (κ3) is 1.48. The van der Waals surface area contributed by atoms with Gasteiger partial charge in [0.15, 0.2) is 0 Å². The minimum atomic E-state index is -0.0497. The zero-order chi connectivity index (χ0) is 9.97. The summed E-state index contributed by atoms with van der Waals surface area (Å²) in [6.45, 7) is 0.605. The van der Waals surface area contributed by atoms with E-state index in [0.717, 1.165) is 11.3 Å². The van der Waals surface area contributed by atoms with Crippen molar-refractivity contribution in [1.29, 1.82) is 0 Å². The lowest BCUT2D eigenvalue weighted by Gasteiger charge is -2.25. The van der Waals surface area contributed by atoms with Crippen LogP contribution < -0.4 is 5.32 Å². The molecule has 2 amide bonds. The second-order valence-electron chi connectivity index (χ2n) is 3.20. The summed E-state index contributed by atoms with van der Waals surface area (Å²) in [5.74, 6) is 0. The summed E-state index contributed by atoms with van der Waals surface area (Å²) in [7, 11) is 1.77.